The fourth-order valence-corrected chi connectivity index (χ4v) is 2.61. The highest BCUT2D eigenvalue weighted by molar-refractivity contribution is 4.67. The Bertz CT molecular complexity index is 169. The van der Waals surface area contributed by atoms with Crippen LogP contribution in [-0.4, -0.2) is 75.4 Å². The zero-order valence-electron chi connectivity index (χ0n) is 11.0. The van der Waals surface area contributed by atoms with Crippen molar-refractivity contribution in [1.82, 2.24) is 15.1 Å². The first-order valence-electron chi connectivity index (χ1n) is 7.18. The minimum atomic E-state index is 0.910. The van der Waals surface area contributed by atoms with E-state index in [2.05, 4.69) is 15.1 Å². The van der Waals surface area contributed by atoms with Gasteiger partial charge in [0.1, 0.15) is 0 Å². The van der Waals surface area contributed by atoms with Gasteiger partial charge >= 0.3 is 0 Å². The molecule has 2 rings (SSSR count). The Balaban J connectivity index is 1.42. The molecule has 1 N–H and O–H groups in total. The number of ether oxygens (including phenoxy) is 1. The van der Waals surface area contributed by atoms with E-state index in [0.29, 0.717) is 0 Å². The zero-order chi connectivity index (χ0) is 11.8. The molecule has 2 saturated heterocycles. The second-order valence-electron chi connectivity index (χ2n) is 5.11. The number of piperidine rings is 1. The maximum Gasteiger partial charge on any atom is 0.0594 e. The predicted octanol–water partition coefficient (Wildman–Crippen LogP) is 0.394. The number of morpholine rings is 1. The SMILES string of the molecule is C1CCN(CCNCCN2CCOCC2)CC1. The van der Waals surface area contributed by atoms with Gasteiger partial charge < -0.3 is 15.0 Å². The summed E-state index contributed by atoms with van der Waals surface area (Å²) in [4.78, 5) is 5.07. The molecule has 2 aliphatic rings. The summed E-state index contributed by atoms with van der Waals surface area (Å²) < 4.78 is 5.34. The van der Waals surface area contributed by atoms with E-state index in [1.54, 1.807) is 0 Å². The molecule has 2 heterocycles. The van der Waals surface area contributed by atoms with Crippen molar-refractivity contribution in [3.8, 4) is 0 Å². The molecule has 0 aromatic carbocycles. The molecule has 0 aromatic rings. The Morgan fingerprint density at radius 1 is 0.765 bits per heavy atom. The Kier molecular flexibility index (Phi) is 6.27. The number of hydrogen-bond donors (Lipinski definition) is 1. The lowest BCUT2D eigenvalue weighted by atomic mass is 10.1. The van der Waals surface area contributed by atoms with Gasteiger partial charge in [0.05, 0.1) is 13.2 Å². The van der Waals surface area contributed by atoms with Crippen molar-refractivity contribution in [2.75, 3.05) is 65.6 Å². The van der Waals surface area contributed by atoms with E-state index in [1.807, 2.05) is 0 Å². The number of hydrogen-bond acceptors (Lipinski definition) is 4. The molecule has 2 fully saturated rings. The molecule has 0 aliphatic carbocycles. The van der Waals surface area contributed by atoms with Gasteiger partial charge in [-0.15, -0.1) is 0 Å². The molecular weight excluding hydrogens is 214 g/mol. The first-order valence-corrected chi connectivity index (χ1v) is 7.18. The molecule has 0 radical (unpaired) electrons. The van der Waals surface area contributed by atoms with Crippen molar-refractivity contribution >= 4 is 0 Å². The lowest BCUT2D eigenvalue weighted by Gasteiger charge is -2.28. The maximum atomic E-state index is 5.34. The number of nitrogens with zero attached hydrogens (tertiary/aromatic N) is 2. The lowest BCUT2D eigenvalue weighted by molar-refractivity contribution is 0.0384. The van der Waals surface area contributed by atoms with E-state index in [-0.39, 0.29) is 0 Å². The molecular formula is C13H27N3O. The monoisotopic (exact) mass is 241 g/mol. The van der Waals surface area contributed by atoms with Gasteiger partial charge in [-0.25, -0.2) is 0 Å². The molecule has 0 aromatic heterocycles. The van der Waals surface area contributed by atoms with Crippen LogP contribution >= 0.6 is 0 Å². The molecule has 4 heteroatoms. The normalized spacial score (nSPS) is 24.0. The van der Waals surface area contributed by atoms with E-state index in [1.165, 1.54) is 45.4 Å². The van der Waals surface area contributed by atoms with Gasteiger partial charge in [0, 0.05) is 39.3 Å². The first-order chi connectivity index (χ1) is 8.45. The van der Waals surface area contributed by atoms with Crippen LogP contribution in [0.5, 0.6) is 0 Å². The summed E-state index contributed by atoms with van der Waals surface area (Å²) in [6.07, 6.45) is 4.22. The first kappa shape index (κ1) is 13.3. The van der Waals surface area contributed by atoms with E-state index < -0.39 is 0 Å². The molecule has 100 valence electrons. The summed E-state index contributed by atoms with van der Waals surface area (Å²) in [5.41, 5.74) is 0. The van der Waals surface area contributed by atoms with Crippen molar-refractivity contribution < 1.29 is 4.74 Å². The van der Waals surface area contributed by atoms with Crippen LogP contribution in [0.3, 0.4) is 0 Å². The van der Waals surface area contributed by atoms with E-state index in [0.717, 1.165) is 39.4 Å². The molecule has 0 atom stereocenters. The highest BCUT2D eigenvalue weighted by atomic mass is 16.5. The third-order valence-corrected chi connectivity index (χ3v) is 3.76. The summed E-state index contributed by atoms with van der Waals surface area (Å²) in [7, 11) is 0. The molecule has 0 unspecified atom stereocenters. The minimum Gasteiger partial charge on any atom is -0.379 e. The van der Waals surface area contributed by atoms with Gasteiger partial charge in [0.25, 0.3) is 0 Å². The van der Waals surface area contributed by atoms with Crippen molar-refractivity contribution in [2.24, 2.45) is 0 Å². The highest BCUT2D eigenvalue weighted by Crippen LogP contribution is 2.07. The Hall–Kier alpha value is -0.160. The van der Waals surface area contributed by atoms with Gasteiger partial charge in [-0.2, -0.15) is 0 Å². The number of nitrogens with one attached hydrogen (secondary N) is 1. The van der Waals surface area contributed by atoms with Crippen LogP contribution in [0.15, 0.2) is 0 Å². The van der Waals surface area contributed by atoms with Gasteiger partial charge in [-0.3, -0.25) is 4.90 Å². The standard InChI is InChI=1S/C13H27N3O/c1-2-6-15(7-3-1)8-4-14-5-9-16-10-12-17-13-11-16/h14H,1-13H2. The van der Waals surface area contributed by atoms with Crippen molar-refractivity contribution in [3.63, 3.8) is 0 Å². The average molecular weight is 241 g/mol. The van der Waals surface area contributed by atoms with Crippen molar-refractivity contribution in [1.29, 1.82) is 0 Å². The van der Waals surface area contributed by atoms with Crippen LogP contribution in [0.2, 0.25) is 0 Å². The highest BCUT2D eigenvalue weighted by Gasteiger charge is 2.10. The zero-order valence-corrected chi connectivity index (χ0v) is 11.0. The Morgan fingerprint density at radius 2 is 1.35 bits per heavy atom. The average Bonchev–Trinajstić information content (AvgIpc) is 2.41. The summed E-state index contributed by atoms with van der Waals surface area (Å²) in [6, 6.07) is 0. The summed E-state index contributed by atoms with van der Waals surface area (Å²) >= 11 is 0. The molecule has 0 saturated carbocycles. The van der Waals surface area contributed by atoms with Crippen molar-refractivity contribution in [3.05, 3.63) is 0 Å². The second-order valence-corrected chi connectivity index (χ2v) is 5.11. The number of rotatable bonds is 6. The summed E-state index contributed by atoms with van der Waals surface area (Å²) in [5.74, 6) is 0. The lowest BCUT2D eigenvalue weighted by Crippen LogP contribution is -2.42. The fourth-order valence-electron chi connectivity index (χ4n) is 2.61. The summed E-state index contributed by atoms with van der Waals surface area (Å²) in [6.45, 7) is 11.3. The Morgan fingerprint density at radius 3 is 2.00 bits per heavy atom. The minimum absolute atomic E-state index is 0.910. The van der Waals surface area contributed by atoms with Crippen LogP contribution in [0.4, 0.5) is 0 Å². The molecule has 4 nitrogen and oxygen atoms in total. The molecule has 2 aliphatic heterocycles. The largest absolute Gasteiger partial charge is 0.379 e. The number of likely N-dealkylation sites (tertiary alicyclic amines) is 1. The van der Waals surface area contributed by atoms with E-state index in [4.69, 9.17) is 4.74 Å². The van der Waals surface area contributed by atoms with E-state index >= 15 is 0 Å². The third kappa shape index (κ3) is 5.34. The maximum absolute atomic E-state index is 5.34. The smallest absolute Gasteiger partial charge is 0.0594 e. The molecule has 17 heavy (non-hydrogen) atoms. The fraction of sp³-hybridized carbons (Fsp3) is 1.00. The van der Waals surface area contributed by atoms with Gasteiger partial charge in [0.15, 0.2) is 0 Å². The molecule has 0 amide bonds. The van der Waals surface area contributed by atoms with Crippen LogP contribution in [-0.2, 0) is 4.74 Å². The van der Waals surface area contributed by atoms with E-state index in [9.17, 15) is 0 Å². The second kappa shape index (κ2) is 8.03. The quantitative estimate of drug-likeness (QED) is 0.681. The third-order valence-electron chi connectivity index (χ3n) is 3.76. The van der Waals surface area contributed by atoms with Crippen LogP contribution < -0.4 is 5.32 Å². The Labute approximate surface area is 105 Å². The van der Waals surface area contributed by atoms with Crippen LogP contribution in [0.25, 0.3) is 0 Å². The topological polar surface area (TPSA) is 27.7 Å². The molecule has 0 bridgehead atoms. The van der Waals surface area contributed by atoms with Crippen molar-refractivity contribution in [2.45, 2.75) is 19.3 Å². The van der Waals surface area contributed by atoms with Gasteiger partial charge in [-0.1, -0.05) is 6.42 Å². The summed E-state index contributed by atoms with van der Waals surface area (Å²) in [5, 5.41) is 3.56. The predicted molar refractivity (Wildman–Crippen MR) is 70.4 cm³/mol. The molecule has 0 spiro atoms. The van der Waals surface area contributed by atoms with Crippen LogP contribution in [0, 0.1) is 0 Å². The van der Waals surface area contributed by atoms with Gasteiger partial charge in [-0.05, 0) is 25.9 Å². The van der Waals surface area contributed by atoms with Gasteiger partial charge in [0.2, 0.25) is 0 Å². The van der Waals surface area contributed by atoms with Crippen LogP contribution in [0.1, 0.15) is 19.3 Å².